The van der Waals surface area contributed by atoms with E-state index in [0.29, 0.717) is 19.4 Å². The summed E-state index contributed by atoms with van der Waals surface area (Å²) in [7, 11) is 1.73. The van der Waals surface area contributed by atoms with Crippen LogP contribution in [0.1, 0.15) is 106 Å². The average Bonchev–Trinajstić information content (AvgIpc) is 2.79. The molecular formula is C31H54O4. The van der Waals surface area contributed by atoms with Crippen molar-refractivity contribution in [1.29, 1.82) is 0 Å². The number of methoxy groups -OCH3 is 1. The highest BCUT2D eigenvalue weighted by molar-refractivity contribution is 5.25. The Balaban J connectivity index is 2.93. The maximum absolute atomic E-state index is 11.5. The number of hydrogen-bond acceptors (Lipinski definition) is 4. The molecule has 35 heavy (non-hydrogen) atoms. The summed E-state index contributed by atoms with van der Waals surface area (Å²) in [5.74, 6) is 0.207. The molecule has 0 aromatic rings. The molecule has 1 aliphatic rings. The van der Waals surface area contributed by atoms with Crippen LogP contribution in [-0.4, -0.2) is 47.3 Å². The van der Waals surface area contributed by atoms with E-state index in [9.17, 15) is 15.3 Å². The smallest absolute Gasteiger partial charge is 0.0781 e. The van der Waals surface area contributed by atoms with E-state index in [0.717, 1.165) is 56.1 Å². The summed E-state index contributed by atoms with van der Waals surface area (Å²) in [5, 5.41) is 32.1. The highest BCUT2D eigenvalue weighted by Crippen LogP contribution is 2.55. The van der Waals surface area contributed by atoms with Gasteiger partial charge in [-0.1, -0.05) is 41.9 Å². The van der Waals surface area contributed by atoms with E-state index in [1.54, 1.807) is 7.11 Å². The number of hydrogen-bond donors (Lipinski definition) is 3. The van der Waals surface area contributed by atoms with Gasteiger partial charge in [0, 0.05) is 19.1 Å². The van der Waals surface area contributed by atoms with Crippen LogP contribution in [-0.2, 0) is 4.74 Å². The minimum Gasteiger partial charge on any atom is -0.392 e. The molecule has 202 valence electrons. The summed E-state index contributed by atoms with van der Waals surface area (Å²) in [6.07, 6.45) is 13.9. The lowest BCUT2D eigenvalue weighted by Gasteiger charge is -2.54. The average molecular weight is 491 g/mol. The molecule has 0 saturated heterocycles. The summed E-state index contributed by atoms with van der Waals surface area (Å²) in [6, 6.07) is 0. The topological polar surface area (TPSA) is 69.9 Å². The van der Waals surface area contributed by atoms with E-state index in [-0.39, 0.29) is 17.9 Å². The molecule has 3 N–H and O–H groups in total. The Labute approximate surface area is 215 Å². The summed E-state index contributed by atoms with van der Waals surface area (Å²) in [5.41, 5.74) is 4.92. The first-order valence-corrected chi connectivity index (χ1v) is 13.5. The van der Waals surface area contributed by atoms with Gasteiger partial charge in [-0.15, -0.1) is 0 Å². The quantitative estimate of drug-likeness (QED) is 0.180. The molecule has 0 spiro atoms. The van der Waals surface area contributed by atoms with Gasteiger partial charge in [0.1, 0.15) is 0 Å². The van der Waals surface area contributed by atoms with Crippen LogP contribution in [0.5, 0.6) is 0 Å². The van der Waals surface area contributed by atoms with Crippen LogP contribution in [0, 0.1) is 11.3 Å². The molecule has 1 rings (SSSR count). The van der Waals surface area contributed by atoms with Gasteiger partial charge in [0.25, 0.3) is 0 Å². The Kier molecular flexibility index (Phi) is 13.8. The van der Waals surface area contributed by atoms with Gasteiger partial charge in [-0.2, -0.15) is 0 Å². The van der Waals surface area contributed by atoms with Gasteiger partial charge in [0.2, 0.25) is 0 Å². The third-order valence-electron chi connectivity index (χ3n) is 8.36. The van der Waals surface area contributed by atoms with Gasteiger partial charge in [-0.3, -0.25) is 0 Å². The molecule has 1 saturated carbocycles. The summed E-state index contributed by atoms with van der Waals surface area (Å²) < 4.78 is 5.31. The van der Waals surface area contributed by atoms with Crippen molar-refractivity contribution < 1.29 is 20.1 Å². The molecule has 0 aromatic heterocycles. The zero-order valence-electron chi connectivity index (χ0n) is 23.9. The largest absolute Gasteiger partial charge is 0.392 e. The second-order valence-corrected chi connectivity index (χ2v) is 11.5. The number of rotatable bonds is 14. The van der Waals surface area contributed by atoms with Crippen LogP contribution in [0.3, 0.4) is 0 Å². The Bertz CT molecular complexity index is 767. The summed E-state index contributed by atoms with van der Waals surface area (Å²) >= 11 is 0. The first-order valence-electron chi connectivity index (χ1n) is 13.5. The normalized spacial score (nSPS) is 28.1. The Morgan fingerprint density at radius 1 is 1.09 bits per heavy atom. The van der Waals surface area contributed by atoms with Gasteiger partial charge in [0.15, 0.2) is 0 Å². The van der Waals surface area contributed by atoms with E-state index >= 15 is 0 Å². The first-order chi connectivity index (χ1) is 16.4. The molecule has 4 atom stereocenters. The first kappa shape index (κ1) is 31.8. The number of allylic oxidation sites excluding steroid dienone is 5. The lowest BCUT2D eigenvalue weighted by atomic mass is 9.54. The Morgan fingerprint density at radius 2 is 1.77 bits per heavy atom. The van der Waals surface area contributed by atoms with Crippen LogP contribution in [0.4, 0.5) is 0 Å². The minimum absolute atomic E-state index is 0.0702. The fourth-order valence-corrected chi connectivity index (χ4v) is 5.50. The van der Waals surface area contributed by atoms with Crippen LogP contribution in [0.2, 0.25) is 0 Å². The van der Waals surface area contributed by atoms with Crippen LogP contribution in [0.25, 0.3) is 0 Å². The van der Waals surface area contributed by atoms with Gasteiger partial charge >= 0.3 is 0 Å². The van der Waals surface area contributed by atoms with E-state index in [4.69, 9.17) is 4.74 Å². The molecule has 1 fully saturated rings. The van der Waals surface area contributed by atoms with Crippen molar-refractivity contribution in [3.8, 4) is 0 Å². The Morgan fingerprint density at radius 3 is 2.37 bits per heavy atom. The van der Waals surface area contributed by atoms with Crippen molar-refractivity contribution >= 4 is 0 Å². The molecule has 1 unspecified atom stereocenters. The SMILES string of the molecule is COCCC[C@@H]1/C(=C(/C)CO)CC[C@](C)(O)[C@@]1(C)CC/C=C(\C)C(O)C/C=C(\C)CCC=C(C)C. The van der Waals surface area contributed by atoms with E-state index < -0.39 is 11.7 Å². The summed E-state index contributed by atoms with van der Waals surface area (Å²) in [4.78, 5) is 0. The van der Waals surface area contributed by atoms with Crippen LogP contribution < -0.4 is 0 Å². The number of aliphatic hydroxyl groups excluding tert-OH is 2. The fraction of sp³-hybridized carbons (Fsp3) is 0.742. The molecule has 4 nitrogen and oxygen atoms in total. The molecule has 0 aromatic carbocycles. The van der Waals surface area contributed by atoms with Crippen molar-refractivity contribution in [1.82, 2.24) is 0 Å². The summed E-state index contributed by atoms with van der Waals surface area (Å²) in [6.45, 7) is 15.4. The number of ether oxygens (including phenoxy) is 1. The van der Waals surface area contributed by atoms with Gasteiger partial charge in [-0.25, -0.2) is 0 Å². The van der Waals surface area contributed by atoms with Crippen molar-refractivity contribution in [2.75, 3.05) is 20.3 Å². The molecule has 0 aliphatic heterocycles. The molecule has 0 bridgehead atoms. The molecular weight excluding hydrogens is 436 g/mol. The Hall–Kier alpha value is -1.20. The predicted octanol–water partition coefficient (Wildman–Crippen LogP) is 7.06. The second-order valence-electron chi connectivity index (χ2n) is 11.5. The van der Waals surface area contributed by atoms with Crippen molar-refractivity contribution in [3.05, 3.63) is 46.1 Å². The standard InChI is InChI=1S/C31H54O4/c1-23(2)12-9-13-24(3)16-17-29(33)25(4)14-10-19-30(6)28(15-11-21-35-8)27(26(5)22-32)18-20-31(30,7)34/h12,14,16,28-29,32-34H,9-11,13,15,17-22H2,1-8H3/b24-16+,25-14+,27-26-/t28-,29?,30+,31+/m1/s1. The molecule has 0 amide bonds. The highest BCUT2D eigenvalue weighted by atomic mass is 16.5. The minimum atomic E-state index is -0.782. The zero-order valence-corrected chi connectivity index (χ0v) is 23.9. The molecule has 0 heterocycles. The van der Waals surface area contributed by atoms with Crippen molar-refractivity contribution in [2.45, 2.75) is 118 Å². The monoisotopic (exact) mass is 490 g/mol. The van der Waals surface area contributed by atoms with Gasteiger partial charge < -0.3 is 20.1 Å². The van der Waals surface area contributed by atoms with Crippen LogP contribution >= 0.6 is 0 Å². The van der Waals surface area contributed by atoms with E-state index in [1.807, 2.05) is 20.8 Å². The molecule has 1 aliphatic carbocycles. The highest BCUT2D eigenvalue weighted by Gasteiger charge is 2.51. The second kappa shape index (κ2) is 15.1. The third kappa shape index (κ3) is 9.64. The van der Waals surface area contributed by atoms with Gasteiger partial charge in [-0.05, 0) is 116 Å². The number of aliphatic hydroxyl groups is 3. The molecule has 0 radical (unpaired) electrons. The lowest BCUT2D eigenvalue weighted by molar-refractivity contribution is -0.113. The van der Waals surface area contributed by atoms with Crippen LogP contribution in [0.15, 0.2) is 46.1 Å². The molecule has 4 heteroatoms. The fourth-order valence-electron chi connectivity index (χ4n) is 5.50. The maximum Gasteiger partial charge on any atom is 0.0781 e. The van der Waals surface area contributed by atoms with E-state index in [2.05, 4.69) is 45.9 Å². The van der Waals surface area contributed by atoms with Crippen molar-refractivity contribution in [2.24, 2.45) is 11.3 Å². The van der Waals surface area contributed by atoms with Gasteiger partial charge in [0.05, 0.1) is 18.3 Å². The van der Waals surface area contributed by atoms with Crippen molar-refractivity contribution in [3.63, 3.8) is 0 Å². The third-order valence-corrected chi connectivity index (χ3v) is 8.36. The van der Waals surface area contributed by atoms with E-state index in [1.165, 1.54) is 16.7 Å². The predicted molar refractivity (Wildman–Crippen MR) is 148 cm³/mol. The zero-order chi connectivity index (χ0) is 26.6. The lowest BCUT2D eigenvalue weighted by Crippen LogP contribution is -2.52. The maximum atomic E-state index is 11.5.